The molecule has 0 bridgehead atoms. The van der Waals surface area contributed by atoms with Gasteiger partial charge in [0.15, 0.2) is 23.0 Å². The van der Waals surface area contributed by atoms with Gasteiger partial charge in [-0.1, -0.05) is 0 Å². The van der Waals surface area contributed by atoms with E-state index in [1.807, 2.05) is 34.0 Å². The van der Waals surface area contributed by atoms with Crippen LogP contribution in [0.4, 0.5) is 20.7 Å². The number of likely N-dealkylation sites (tertiary alicyclic amines) is 1. The van der Waals surface area contributed by atoms with Crippen LogP contribution >= 0.6 is 0 Å². The minimum absolute atomic E-state index is 0.00369. The van der Waals surface area contributed by atoms with Crippen LogP contribution in [0.25, 0.3) is 22.4 Å². The van der Waals surface area contributed by atoms with Crippen LogP contribution in [0.3, 0.4) is 0 Å². The number of hydrogen-bond acceptors (Lipinski definition) is 11. The van der Waals surface area contributed by atoms with E-state index in [0.29, 0.717) is 47.3 Å². The van der Waals surface area contributed by atoms with Gasteiger partial charge in [0, 0.05) is 44.0 Å². The number of halogens is 1. The molecule has 0 N–H and O–H groups in total. The van der Waals surface area contributed by atoms with Gasteiger partial charge < -0.3 is 24.0 Å². The number of aryl methyl sites for hydroxylation is 1. The van der Waals surface area contributed by atoms with Crippen LogP contribution in [0.15, 0.2) is 49.2 Å². The molecule has 5 aromatic rings. The van der Waals surface area contributed by atoms with Crippen molar-refractivity contribution in [2.75, 3.05) is 32.2 Å². The molecule has 4 aromatic heterocycles. The third kappa shape index (κ3) is 6.18. The minimum atomic E-state index is -0.609. The lowest BCUT2D eigenvalue weighted by Crippen LogP contribution is -2.52. The first-order chi connectivity index (χ1) is 21.5. The molecule has 0 radical (unpaired) electrons. The predicted molar refractivity (Wildman–Crippen MR) is 162 cm³/mol. The van der Waals surface area contributed by atoms with E-state index < -0.39 is 11.4 Å². The van der Waals surface area contributed by atoms with E-state index in [9.17, 15) is 4.79 Å². The molecular weight excluding hydrogens is 583 g/mol. The number of carbonyl (C=O) groups excluding carboxylic acids is 1. The van der Waals surface area contributed by atoms with Crippen molar-refractivity contribution in [3.63, 3.8) is 0 Å². The van der Waals surface area contributed by atoms with Gasteiger partial charge in [0.1, 0.15) is 29.0 Å². The summed E-state index contributed by atoms with van der Waals surface area (Å²) in [5, 5.41) is 8.87. The predicted octanol–water partition coefficient (Wildman–Crippen LogP) is 4.30. The van der Waals surface area contributed by atoms with Crippen molar-refractivity contribution in [3.05, 3.63) is 60.8 Å². The first-order valence-electron chi connectivity index (χ1n) is 14.2. The molecule has 14 nitrogen and oxygen atoms in total. The highest BCUT2D eigenvalue weighted by Crippen LogP contribution is 2.37. The number of anilines is 2. The number of pyridine rings is 1. The third-order valence-electron chi connectivity index (χ3n) is 7.15. The van der Waals surface area contributed by atoms with Crippen molar-refractivity contribution in [1.82, 2.24) is 44.4 Å². The molecule has 0 aliphatic carbocycles. The van der Waals surface area contributed by atoms with E-state index in [0.717, 1.165) is 5.56 Å². The van der Waals surface area contributed by atoms with Crippen molar-refractivity contribution >= 4 is 28.8 Å². The highest BCUT2D eigenvalue weighted by Gasteiger charge is 2.35. The molecule has 234 valence electrons. The highest BCUT2D eigenvalue weighted by atomic mass is 19.1. The molecule has 15 heteroatoms. The zero-order chi connectivity index (χ0) is 31.9. The SMILES string of the molecule is COc1cc(OC)c(F)c(N(Cc2ncn(C3CN(C(=O)OC(C)(C)C)C3)n2)c2ccc3ncc(-c4cnn(C)c4)nc3n2)c1. The Hall–Kier alpha value is -5.34. The Bertz CT molecular complexity index is 1860. The molecule has 5 heterocycles. The summed E-state index contributed by atoms with van der Waals surface area (Å²) < 4.78 is 35.5. The fourth-order valence-electron chi connectivity index (χ4n) is 4.84. The van der Waals surface area contributed by atoms with Gasteiger partial charge in [-0.15, -0.1) is 0 Å². The van der Waals surface area contributed by atoms with Gasteiger partial charge in [-0.25, -0.2) is 28.8 Å². The molecule has 1 saturated heterocycles. The number of ether oxygens (including phenoxy) is 3. The van der Waals surface area contributed by atoms with Crippen molar-refractivity contribution in [2.45, 2.75) is 39.0 Å². The zero-order valence-corrected chi connectivity index (χ0v) is 25.8. The topological polar surface area (TPSA) is 138 Å². The largest absolute Gasteiger partial charge is 0.497 e. The van der Waals surface area contributed by atoms with Gasteiger partial charge in [0.05, 0.1) is 50.6 Å². The number of methoxy groups -OCH3 is 2. The number of amides is 1. The molecule has 0 spiro atoms. The van der Waals surface area contributed by atoms with Gasteiger partial charge in [0.2, 0.25) is 0 Å². The average Bonchev–Trinajstić information content (AvgIpc) is 3.63. The van der Waals surface area contributed by atoms with E-state index >= 15 is 4.39 Å². The molecule has 1 aliphatic heterocycles. The number of fused-ring (bicyclic) bond motifs is 1. The molecule has 0 atom stereocenters. The Morgan fingerprint density at radius 1 is 1.09 bits per heavy atom. The van der Waals surface area contributed by atoms with Crippen LogP contribution < -0.4 is 14.4 Å². The van der Waals surface area contributed by atoms with Crippen molar-refractivity contribution in [3.8, 4) is 22.8 Å². The summed E-state index contributed by atoms with van der Waals surface area (Å²) >= 11 is 0. The summed E-state index contributed by atoms with van der Waals surface area (Å²) in [6, 6.07) is 6.46. The number of benzene rings is 1. The Balaban J connectivity index is 1.33. The van der Waals surface area contributed by atoms with Gasteiger partial charge >= 0.3 is 6.09 Å². The fraction of sp³-hybridized carbons (Fsp3) is 0.367. The molecule has 45 heavy (non-hydrogen) atoms. The van der Waals surface area contributed by atoms with E-state index in [2.05, 4.69) is 20.2 Å². The zero-order valence-electron chi connectivity index (χ0n) is 25.8. The second-order valence-electron chi connectivity index (χ2n) is 11.6. The Labute approximate surface area is 258 Å². The number of rotatable bonds is 8. The van der Waals surface area contributed by atoms with Crippen LogP contribution in [0.1, 0.15) is 32.6 Å². The minimum Gasteiger partial charge on any atom is -0.497 e. The number of nitrogens with zero attached hydrogens (tertiary/aromatic N) is 10. The lowest BCUT2D eigenvalue weighted by Gasteiger charge is -2.39. The molecule has 1 aliphatic rings. The summed E-state index contributed by atoms with van der Waals surface area (Å²) in [7, 11) is 4.70. The second kappa shape index (κ2) is 11.6. The second-order valence-corrected chi connectivity index (χ2v) is 11.6. The quantitative estimate of drug-likeness (QED) is 0.247. The Morgan fingerprint density at radius 3 is 2.58 bits per heavy atom. The van der Waals surface area contributed by atoms with Gasteiger partial charge in [-0.2, -0.15) is 10.2 Å². The van der Waals surface area contributed by atoms with Gasteiger partial charge in [-0.3, -0.25) is 9.67 Å². The maximum atomic E-state index is 15.9. The first kappa shape index (κ1) is 29.7. The summed E-state index contributed by atoms with van der Waals surface area (Å²) in [5.74, 6) is 0.572. The van der Waals surface area contributed by atoms with Crippen LogP contribution in [-0.4, -0.2) is 83.4 Å². The lowest BCUT2D eigenvalue weighted by atomic mass is 10.1. The summed E-state index contributed by atoms with van der Waals surface area (Å²) in [6.45, 7) is 6.41. The Morgan fingerprint density at radius 2 is 1.89 bits per heavy atom. The lowest BCUT2D eigenvalue weighted by molar-refractivity contribution is -0.000469. The molecule has 1 amide bonds. The van der Waals surface area contributed by atoms with Crippen LogP contribution in [0.2, 0.25) is 0 Å². The highest BCUT2D eigenvalue weighted by molar-refractivity contribution is 5.77. The van der Waals surface area contributed by atoms with Crippen molar-refractivity contribution in [1.29, 1.82) is 0 Å². The summed E-state index contributed by atoms with van der Waals surface area (Å²) in [6.07, 6.45) is 6.42. The summed E-state index contributed by atoms with van der Waals surface area (Å²) in [4.78, 5) is 34.1. The average molecular weight is 617 g/mol. The summed E-state index contributed by atoms with van der Waals surface area (Å²) in [5.41, 5.74) is 1.89. The van der Waals surface area contributed by atoms with Gasteiger partial charge in [-0.05, 0) is 32.9 Å². The van der Waals surface area contributed by atoms with Gasteiger partial charge in [0.25, 0.3) is 0 Å². The molecule has 0 saturated carbocycles. The first-order valence-corrected chi connectivity index (χ1v) is 14.2. The van der Waals surface area contributed by atoms with Crippen LogP contribution in [-0.2, 0) is 18.3 Å². The molecule has 6 rings (SSSR count). The number of hydrogen-bond donors (Lipinski definition) is 0. The normalized spacial score (nSPS) is 13.5. The fourth-order valence-corrected chi connectivity index (χ4v) is 4.84. The molecule has 1 fully saturated rings. The Kier molecular flexibility index (Phi) is 7.68. The van der Waals surface area contributed by atoms with Crippen molar-refractivity contribution in [2.24, 2.45) is 7.05 Å². The smallest absolute Gasteiger partial charge is 0.410 e. The number of aromatic nitrogens is 8. The van der Waals surface area contributed by atoms with E-state index in [4.69, 9.17) is 24.2 Å². The third-order valence-corrected chi connectivity index (χ3v) is 7.15. The monoisotopic (exact) mass is 616 g/mol. The molecule has 0 unspecified atom stereocenters. The maximum absolute atomic E-state index is 15.9. The van der Waals surface area contributed by atoms with Crippen LogP contribution in [0, 0.1) is 5.82 Å². The molecule has 1 aromatic carbocycles. The standard InChI is InChI=1S/C30H33FN10O4/c1-30(2,3)45-29(42)39-14-19(15-39)41-17-33-25(37-41)16-40(23-9-20(43-5)10-24(44-6)27(23)31)26-8-7-21-28(36-26)35-22(12-32-21)18-11-34-38(4)13-18/h7-13,17,19H,14-16H2,1-6H3. The maximum Gasteiger partial charge on any atom is 0.410 e. The van der Waals surface area contributed by atoms with E-state index in [1.165, 1.54) is 20.3 Å². The van der Waals surface area contributed by atoms with Crippen LogP contribution in [0.5, 0.6) is 11.5 Å². The molecular formula is C30H33FN10O4. The number of carbonyl (C=O) groups is 1. The van der Waals surface area contributed by atoms with E-state index in [1.54, 1.807) is 56.1 Å². The van der Waals surface area contributed by atoms with E-state index in [-0.39, 0.29) is 30.1 Å². The van der Waals surface area contributed by atoms with Crippen molar-refractivity contribution < 1.29 is 23.4 Å².